The lowest BCUT2D eigenvalue weighted by Crippen LogP contribution is -2.25. The van der Waals surface area contributed by atoms with E-state index in [1.54, 1.807) is 0 Å². The molecule has 86 valence electrons. The number of phenols is 1. The summed E-state index contributed by atoms with van der Waals surface area (Å²) in [6.07, 6.45) is 2.05. The van der Waals surface area contributed by atoms with Gasteiger partial charge in [0.25, 0.3) is 5.91 Å². The van der Waals surface area contributed by atoms with Crippen LogP contribution in [-0.4, -0.2) is 24.2 Å². The predicted octanol–water partition coefficient (Wildman–Crippen LogP) is 1.95. The van der Waals surface area contributed by atoms with Crippen molar-refractivity contribution >= 4 is 17.5 Å². The molecule has 1 aliphatic carbocycles. The van der Waals surface area contributed by atoms with Gasteiger partial charge in [-0.25, -0.2) is 0 Å². The van der Waals surface area contributed by atoms with Gasteiger partial charge in [0.1, 0.15) is 0 Å². The highest BCUT2D eigenvalue weighted by Gasteiger charge is 2.24. The van der Waals surface area contributed by atoms with Crippen LogP contribution in [0.4, 0.5) is 0 Å². The number of methoxy groups -OCH3 is 1. The van der Waals surface area contributed by atoms with Gasteiger partial charge in [-0.15, -0.1) is 0 Å². The molecule has 2 rings (SSSR count). The third-order valence-corrected chi connectivity index (χ3v) is 2.71. The van der Waals surface area contributed by atoms with E-state index in [-0.39, 0.29) is 28.5 Å². The SMILES string of the molecule is COc1cc(C(=O)NC2CC2)cc(Cl)c1O. The molecule has 0 spiro atoms. The number of halogens is 1. The number of hydrogen-bond acceptors (Lipinski definition) is 3. The molecule has 2 N–H and O–H groups in total. The van der Waals surface area contributed by atoms with E-state index in [0.29, 0.717) is 5.56 Å². The van der Waals surface area contributed by atoms with Gasteiger partial charge in [-0.2, -0.15) is 0 Å². The number of phenolic OH excluding ortho intramolecular Hbond substituents is 1. The van der Waals surface area contributed by atoms with Crippen LogP contribution >= 0.6 is 11.6 Å². The second-order valence-corrected chi connectivity index (χ2v) is 4.16. The van der Waals surface area contributed by atoms with Gasteiger partial charge >= 0.3 is 0 Å². The Morgan fingerprint density at radius 3 is 2.81 bits per heavy atom. The zero-order valence-electron chi connectivity index (χ0n) is 8.79. The molecule has 1 saturated carbocycles. The highest BCUT2D eigenvalue weighted by Crippen LogP contribution is 2.35. The number of aromatic hydroxyl groups is 1. The molecule has 1 fully saturated rings. The van der Waals surface area contributed by atoms with Crippen LogP contribution in [0.1, 0.15) is 23.2 Å². The summed E-state index contributed by atoms with van der Waals surface area (Å²) in [5.74, 6) is -0.136. The van der Waals surface area contributed by atoms with E-state index in [2.05, 4.69) is 5.32 Å². The van der Waals surface area contributed by atoms with Crippen LogP contribution in [0.25, 0.3) is 0 Å². The molecule has 5 heteroatoms. The lowest BCUT2D eigenvalue weighted by molar-refractivity contribution is 0.0950. The molecule has 1 amide bonds. The van der Waals surface area contributed by atoms with Gasteiger partial charge in [-0.05, 0) is 25.0 Å². The molecule has 0 radical (unpaired) electrons. The van der Waals surface area contributed by atoms with Gasteiger partial charge in [0.15, 0.2) is 11.5 Å². The van der Waals surface area contributed by atoms with Crippen molar-refractivity contribution in [3.05, 3.63) is 22.7 Å². The van der Waals surface area contributed by atoms with Gasteiger partial charge in [0.2, 0.25) is 0 Å². The van der Waals surface area contributed by atoms with Crippen LogP contribution < -0.4 is 10.1 Å². The summed E-state index contributed by atoms with van der Waals surface area (Å²) in [5, 5.41) is 12.5. The summed E-state index contributed by atoms with van der Waals surface area (Å²) < 4.78 is 4.92. The lowest BCUT2D eigenvalue weighted by atomic mass is 10.2. The average molecular weight is 242 g/mol. The van der Waals surface area contributed by atoms with E-state index in [1.807, 2.05) is 0 Å². The van der Waals surface area contributed by atoms with Gasteiger partial charge in [-0.3, -0.25) is 4.79 Å². The molecule has 1 aliphatic rings. The first-order chi connectivity index (χ1) is 7.61. The number of carbonyl (C=O) groups excluding carboxylic acids is 1. The summed E-state index contributed by atoms with van der Waals surface area (Å²) in [6.45, 7) is 0. The van der Waals surface area contributed by atoms with E-state index in [1.165, 1.54) is 19.2 Å². The Morgan fingerprint density at radius 2 is 2.25 bits per heavy atom. The molecule has 0 bridgehead atoms. The Kier molecular flexibility index (Phi) is 2.92. The maximum absolute atomic E-state index is 11.7. The van der Waals surface area contributed by atoms with Gasteiger partial charge in [0.05, 0.1) is 12.1 Å². The van der Waals surface area contributed by atoms with Crippen LogP contribution in [0, 0.1) is 0 Å². The number of hydrogen-bond donors (Lipinski definition) is 2. The van der Waals surface area contributed by atoms with Crippen molar-refractivity contribution < 1.29 is 14.6 Å². The Hall–Kier alpha value is -1.42. The standard InChI is InChI=1S/C11H12ClNO3/c1-16-9-5-6(4-8(12)10(9)14)11(15)13-7-2-3-7/h4-5,7,14H,2-3H2,1H3,(H,13,15). The van der Waals surface area contributed by atoms with Crippen molar-refractivity contribution in [3.8, 4) is 11.5 Å². The molecule has 1 aromatic carbocycles. The van der Waals surface area contributed by atoms with Crippen molar-refractivity contribution in [1.82, 2.24) is 5.32 Å². The summed E-state index contributed by atoms with van der Waals surface area (Å²) >= 11 is 5.78. The fourth-order valence-corrected chi connectivity index (χ4v) is 1.57. The van der Waals surface area contributed by atoms with Crippen LogP contribution in [-0.2, 0) is 0 Å². The third-order valence-electron chi connectivity index (χ3n) is 2.42. The first kappa shape index (κ1) is 11.1. The van der Waals surface area contributed by atoms with E-state index in [4.69, 9.17) is 16.3 Å². The third kappa shape index (κ3) is 2.22. The summed E-state index contributed by atoms with van der Waals surface area (Å²) in [4.78, 5) is 11.7. The summed E-state index contributed by atoms with van der Waals surface area (Å²) in [7, 11) is 1.41. The van der Waals surface area contributed by atoms with E-state index in [0.717, 1.165) is 12.8 Å². The molecule has 0 unspecified atom stereocenters. The van der Waals surface area contributed by atoms with Gasteiger partial charge < -0.3 is 15.2 Å². The number of rotatable bonds is 3. The highest BCUT2D eigenvalue weighted by molar-refractivity contribution is 6.32. The zero-order chi connectivity index (χ0) is 11.7. The minimum absolute atomic E-state index is 0.111. The van der Waals surface area contributed by atoms with Crippen molar-refractivity contribution in [2.45, 2.75) is 18.9 Å². The van der Waals surface area contributed by atoms with Crippen molar-refractivity contribution in [3.63, 3.8) is 0 Å². The number of amides is 1. The van der Waals surface area contributed by atoms with Gasteiger partial charge in [0, 0.05) is 11.6 Å². The molecule has 16 heavy (non-hydrogen) atoms. The molecule has 4 nitrogen and oxygen atoms in total. The largest absolute Gasteiger partial charge is 0.503 e. The van der Waals surface area contributed by atoms with Crippen molar-refractivity contribution in [1.29, 1.82) is 0 Å². The van der Waals surface area contributed by atoms with Crippen LogP contribution in [0.3, 0.4) is 0 Å². The fourth-order valence-electron chi connectivity index (χ4n) is 1.36. The molecular weight excluding hydrogens is 230 g/mol. The zero-order valence-corrected chi connectivity index (χ0v) is 9.54. The normalized spacial score (nSPS) is 14.6. The smallest absolute Gasteiger partial charge is 0.251 e. The Balaban J connectivity index is 2.25. The maximum atomic E-state index is 11.7. The molecule has 0 aromatic heterocycles. The minimum atomic E-state index is -0.192. The minimum Gasteiger partial charge on any atom is -0.503 e. The van der Waals surface area contributed by atoms with E-state index >= 15 is 0 Å². The Labute approximate surface area is 98.2 Å². The van der Waals surface area contributed by atoms with Crippen LogP contribution in [0.15, 0.2) is 12.1 Å². The lowest BCUT2D eigenvalue weighted by Gasteiger charge is -2.08. The molecule has 0 aliphatic heterocycles. The summed E-state index contributed by atoms with van der Waals surface area (Å²) in [6, 6.07) is 3.18. The number of nitrogens with one attached hydrogen (secondary N) is 1. The predicted molar refractivity (Wildman–Crippen MR) is 60.2 cm³/mol. The Morgan fingerprint density at radius 1 is 1.56 bits per heavy atom. The van der Waals surface area contributed by atoms with Crippen LogP contribution in [0.5, 0.6) is 11.5 Å². The molecular formula is C11H12ClNO3. The first-order valence-electron chi connectivity index (χ1n) is 4.99. The van der Waals surface area contributed by atoms with Crippen molar-refractivity contribution in [2.75, 3.05) is 7.11 Å². The monoisotopic (exact) mass is 241 g/mol. The first-order valence-corrected chi connectivity index (χ1v) is 5.37. The average Bonchev–Trinajstić information content (AvgIpc) is 3.05. The number of benzene rings is 1. The van der Waals surface area contributed by atoms with Gasteiger partial charge in [-0.1, -0.05) is 11.6 Å². The van der Waals surface area contributed by atoms with E-state index < -0.39 is 0 Å². The van der Waals surface area contributed by atoms with Crippen LogP contribution in [0.2, 0.25) is 5.02 Å². The van der Waals surface area contributed by atoms with E-state index in [9.17, 15) is 9.90 Å². The quantitative estimate of drug-likeness (QED) is 0.850. The molecule has 0 heterocycles. The Bertz CT molecular complexity index is 429. The number of carbonyl (C=O) groups is 1. The highest BCUT2D eigenvalue weighted by atomic mass is 35.5. The second kappa shape index (κ2) is 4.22. The topological polar surface area (TPSA) is 58.6 Å². The second-order valence-electron chi connectivity index (χ2n) is 3.76. The molecule has 0 saturated heterocycles. The number of ether oxygens (including phenoxy) is 1. The maximum Gasteiger partial charge on any atom is 0.251 e. The molecule has 0 atom stereocenters. The van der Waals surface area contributed by atoms with Crippen molar-refractivity contribution in [2.24, 2.45) is 0 Å². The fraction of sp³-hybridized carbons (Fsp3) is 0.364. The summed E-state index contributed by atoms with van der Waals surface area (Å²) in [5.41, 5.74) is 0.395. The molecule has 1 aromatic rings.